The summed E-state index contributed by atoms with van der Waals surface area (Å²) in [5.41, 5.74) is 0. The zero-order valence-electron chi connectivity index (χ0n) is 39.8. The number of esters is 1. The molecule has 0 aliphatic carbocycles. The number of carbonyl (C=O) groups excluding carboxylic acids is 1. The lowest BCUT2D eigenvalue weighted by Gasteiger charge is -2.27. The lowest BCUT2D eigenvalue weighted by molar-refractivity contribution is -0.870. The van der Waals surface area contributed by atoms with Crippen LogP contribution in [0.15, 0.2) is 72.9 Å². The lowest BCUT2D eigenvalue weighted by atomic mass is 10.0. The van der Waals surface area contributed by atoms with Gasteiger partial charge in [-0.25, -0.2) is 0 Å². The van der Waals surface area contributed by atoms with Gasteiger partial charge in [-0.1, -0.05) is 208 Å². The van der Waals surface area contributed by atoms with Gasteiger partial charge in [-0.15, -0.1) is 0 Å². The number of aliphatic hydroxyl groups is 1. The Kier molecular flexibility index (Phi) is 43.0. The molecule has 0 bridgehead atoms. The molecule has 0 fully saturated rings. The first kappa shape index (κ1) is 58.9. The summed E-state index contributed by atoms with van der Waals surface area (Å²) in [6.45, 7) is 1.85. The number of phosphoric ester groups is 1. The lowest BCUT2D eigenvalue weighted by Crippen LogP contribution is -2.37. The van der Waals surface area contributed by atoms with E-state index in [1.54, 1.807) is 0 Å². The number of carbonyl (C=O) groups is 1. The Morgan fingerprint density at radius 2 is 0.869 bits per heavy atom. The molecule has 0 saturated heterocycles. The highest BCUT2D eigenvalue weighted by Gasteiger charge is 2.17. The van der Waals surface area contributed by atoms with Gasteiger partial charge < -0.3 is 28.3 Å². The summed E-state index contributed by atoms with van der Waals surface area (Å²) in [6, 6.07) is 0. The Hall–Kier alpha value is -2.06. The maximum atomic E-state index is 12.0. The van der Waals surface area contributed by atoms with Gasteiger partial charge in [0.25, 0.3) is 7.82 Å². The Balaban J connectivity index is 3.37. The maximum Gasteiger partial charge on any atom is 0.305 e. The van der Waals surface area contributed by atoms with Crippen LogP contribution in [0.3, 0.4) is 0 Å². The fraction of sp³-hybridized carbons (Fsp3) is 0.750. The summed E-state index contributed by atoms with van der Waals surface area (Å²) >= 11 is 0. The molecule has 354 valence electrons. The summed E-state index contributed by atoms with van der Waals surface area (Å²) in [6.07, 6.45) is 62.5. The third-order valence-corrected chi connectivity index (χ3v) is 11.4. The molecule has 0 amide bonds. The van der Waals surface area contributed by atoms with Crippen LogP contribution in [-0.2, 0) is 23.1 Å². The number of quaternary nitrogens is 1. The van der Waals surface area contributed by atoms with Crippen LogP contribution in [0.4, 0.5) is 0 Å². The molecule has 2 unspecified atom stereocenters. The number of ether oxygens (including phenoxy) is 1. The Morgan fingerprint density at radius 1 is 0.525 bits per heavy atom. The van der Waals surface area contributed by atoms with Crippen molar-refractivity contribution in [1.29, 1.82) is 0 Å². The fourth-order valence-corrected chi connectivity index (χ4v) is 7.39. The molecule has 9 heteroatoms. The van der Waals surface area contributed by atoms with E-state index in [-0.39, 0.29) is 19.2 Å². The largest absolute Gasteiger partial charge is 0.756 e. The minimum absolute atomic E-state index is 0.00835. The van der Waals surface area contributed by atoms with Gasteiger partial charge in [0.1, 0.15) is 25.9 Å². The average molecular weight is 876 g/mol. The standard InChI is InChI=1S/C52H94NO7P/c1-5-6-7-8-9-10-11-12-13-14-15-16-17-18-19-20-21-22-23-24-25-26-27-28-29-30-31-32-33-34-35-36-37-38-39-40-41-42-43-44-45-46-52(55)58-49-51(54)50-60-61(56,57)59-48-47-53(2,3)4/h6-7,9-10,12-13,15-16,18-19,21-22,51,54H,5,8,11,14,17,20,23-50H2,1-4H3/b7-6-,10-9-,13-12-,16-15-,19-18-,22-21-. The third kappa shape index (κ3) is 50.5. The summed E-state index contributed by atoms with van der Waals surface area (Å²) in [5.74, 6) is -0.385. The average Bonchev–Trinajstić information content (AvgIpc) is 3.22. The highest BCUT2D eigenvalue weighted by atomic mass is 31.2. The second-order valence-electron chi connectivity index (χ2n) is 17.7. The second-order valence-corrected chi connectivity index (χ2v) is 19.1. The van der Waals surface area contributed by atoms with Crippen molar-refractivity contribution in [3.05, 3.63) is 72.9 Å². The first-order chi connectivity index (χ1) is 29.6. The minimum atomic E-state index is -4.50. The number of phosphoric acid groups is 1. The summed E-state index contributed by atoms with van der Waals surface area (Å²) in [7, 11) is 1.25. The topological polar surface area (TPSA) is 105 Å². The van der Waals surface area contributed by atoms with Crippen LogP contribution in [0.5, 0.6) is 0 Å². The van der Waals surface area contributed by atoms with Crippen molar-refractivity contribution in [3.8, 4) is 0 Å². The van der Waals surface area contributed by atoms with Gasteiger partial charge in [0, 0.05) is 6.42 Å². The molecule has 0 aliphatic heterocycles. The predicted octanol–water partition coefficient (Wildman–Crippen LogP) is 14.2. The SMILES string of the molecule is CC/C=C\C/C=C\C/C=C\C/C=C\C/C=C\C/C=C\CCCCCCCCCCCCCCCCCCCCCCCCC(=O)OCC(O)COP(=O)([O-])OCC[N+](C)(C)C. The molecule has 0 radical (unpaired) electrons. The molecule has 0 aromatic rings. The van der Waals surface area contributed by atoms with Crippen molar-refractivity contribution in [3.63, 3.8) is 0 Å². The van der Waals surface area contributed by atoms with Crippen molar-refractivity contribution >= 4 is 13.8 Å². The first-order valence-corrected chi connectivity index (χ1v) is 26.2. The normalized spacial score (nSPS) is 14.3. The van der Waals surface area contributed by atoms with E-state index in [2.05, 4.69) is 79.8 Å². The second kappa shape index (κ2) is 44.5. The molecular weight excluding hydrogens is 782 g/mol. The summed E-state index contributed by atoms with van der Waals surface area (Å²) in [4.78, 5) is 23.7. The molecule has 0 aliphatic rings. The predicted molar refractivity (Wildman–Crippen MR) is 258 cm³/mol. The van der Waals surface area contributed by atoms with Gasteiger partial charge in [0.2, 0.25) is 0 Å². The molecule has 2 atom stereocenters. The van der Waals surface area contributed by atoms with Crippen molar-refractivity contribution in [2.45, 2.75) is 206 Å². The van der Waals surface area contributed by atoms with E-state index in [4.69, 9.17) is 13.8 Å². The number of likely N-dealkylation sites (N-methyl/N-ethyl adjacent to an activating group) is 1. The number of hydrogen-bond acceptors (Lipinski definition) is 7. The molecule has 0 aromatic carbocycles. The van der Waals surface area contributed by atoms with E-state index in [9.17, 15) is 19.4 Å². The summed E-state index contributed by atoms with van der Waals surface area (Å²) < 4.78 is 26.9. The van der Waals surface area contributed by atoms with Gasteiger partial charge in [-0.05, 0) is 57.8 Å². The van der Waals surface area contributed by atoms with E-state index in [1.807, 2.05) is 21.1 Å². The van der Waals surface area contributed by atoms with Crippen LogP contribution in [-0.4, -0.2) is 69.2 Å². The van der Waals surface area contributed by atoms with E-state index >= 15 is 0 Å². The molecule has 8 nitrogen and oxygen atoms in total. The zero-order valence-corrected chi connectivity index (χ0v) is 40.7. The van der Waals surface area contributed by atoms with Crippen molar-refractivity contribution < 1.29 is 37.6 Å². The van der Waals surface area contributed by atoms with Gasteiger partial charge >= 0.3 is 5.97 Å². The molecule has 0 aromatic heterocycles. The van der Waals surface area contributed by atoms with Crippen LogP contribution < -0.4 is 4.89 Å². The van der Waals surface area contributed by atoms with Crippen LogP contribution in [0.1, 0.15) is 200 Å². The molecule has 61 heavy (non-hydrogen) atoms. The van der Waals surface area contributed by atoms with Gasteiger partial charge in [-0.2, -0.15) is 0 Å². The number of aliphatic hydroxyl groups excluding tert-OH is 1. The molecule has 1 N–H and O–H groups in total. The van der Waals surface area contributed by atoms with Gasteiger partial charge in [0.05, 0.1) is 27.7 Å². The quantitative estimate of drug-likeness (QED) is 0.0214. The van der Waals surface area contributed by atoms with E-state index in [0.717, 1.165) is 57.8 Å². The Bertz CT molecular complexity index is 1200. The van der Waals surface area contributed by atoms with E-state index < -0.39 is 20.5 Å². The number of allylic oxidation sites excluding steroid dienone is 12. The molecule has 0 rings (SSSR count). The van der Waals surface area contributed by atoms with Crippen LogP contribution in [0, 0.1) is 0 Å². The Morgan fingerprint density at radius 3 is 1.25 bits per heavy atom. The number of unbranched alkanes of at least 4 members (excludes halogenated alkanes) is 22. The first-order valence-electron chi connectivity index (χ1n) is 24.7. The maximum absolute atomic E-state index is 12.0. The zero-order chi connectivity index (χ0) is 44.8. The van der Waals surface area contributed by atoms with Crippen molar-refractivity contribution in [2.24, 2.45) is 0 Å². The van der Waals surface area contributed by atoms with Gasteiger partial charge in [-0.3, -0.25) is 9.36 Å². The Labute approximate surface area is 376 Å². The fourth-order valence-electron chi connectivity index (χ4n) is 6.66. The van der Waals surface area contributed by atoms with Crippen LogP contribution >= 0.6 is 7.82 Å². The smallest absolute Gasteiger partial charge is 0.305 e. The number of hydrogen-bond donors (Lipinski definition) is 1. The monoisotopic (exact) mass is 876 g/mol. The van der Waals surface area contributed by atoms with Crippen LogP contribution in [0.2, 0.25) is 0 Å². The van der Waals surface area contributed by atoms with Crippen molar-refractivity contribution in [1.82, 2.24) is 0 Å². The summed E-state index contributed by atoms with van der Waals surface area (Å²) in [5, 5.41) is 9.90. The van der Waals surface area contributed by atoms with Crippen molar-refractivity contribution in [2.75, 3.05) is 47.5 Å². The van der Waals surface area contributed by atoms with Gasteiger partial charge in [0.15, 0.2) is 0 Å². The van der Waals surface area contributed by atoms with E-state index in [1.165, 1.54) is 128 Å². The number of rotatable bonds is 45. The molecule has 0 saturated carbocycles. The molecular formula is C52H94NO7P. The minimum Gasteiger partial charge on any atom is -0.756 e. The highest BCUT2D eigenvalue weighted by Crippen LogP contribution is 2.38. The highest BCUT2D eigenvalue weighted by molar-refractivity contribution is 7.45. The van der Waals surface area contributed by atoms with Crippen LogP contribution in [0.25, 0.3) is 0 Å². The molecule has 0 spiro atoms. The third-order valence-electron chi connectivity index (χ3n) is 10.5. The van der Waals surface area contributed by atoms with E-state index in [0.29, 0.717) is 17.4 Å². The number of nitrogens with zero attached hydrogens (tertiary/aromatic N) is 1. The molecule has 0 heterocycles.